The van der Waals surface area contributed by atoms with Gasteiger partial charge in [-0.2, -0.15) is 0 Å². The predicted molar refractivity (Wildman–Crippen MR) is 58.5 cm³/mol. The van der Waals surface area contributed by atoms with Crippen LogP contribution in [0, 0.1) is 0 Å². The molecule has 2 aliphatic rings. The Bertz CT molecular complexity index is 378. The molecule has 0 spiro atoms. The van der Waals surface area contributed by atoms with Crippen molar-refractivity contribution in [3.63, 3.8) is 0 Å². The molecule has 9 heteroatoms. The number of fused-ring (bicyclic) bond motifs is 1. The lowest BCUT2D eigenvalue weighted by molar-refractivity contribution is -0.156. The second-order valence-electron chi connectivity index (χ2n) is 4.24. The molecule has 2 aliphatic heterocycles. The zero-order valence-corrected chi connectivity index (χ0v) is 9.90. The monoisotopic (exact) mass is 279 g/mol. The number of rotatable bonds is 1. The van der Waals surface area contributed by atoms with Crippen molar-refractivity contribution >= 4 is 23.6 Å². The summed E-state index contributed by atoms with van der Waals surface area (Å²) in [6.45, 7) is 0. The maximum Gasteiger partial charge on any atom is 0.327 e. The Hall–Kier alpha value is -0.870. The minimum atomic E-state index is -1.94. The van der Waals surface area contributed by atoms with E-state index < -0.39 is 47.7 Å². The summed E-state index contributed by atoms with van der Waals surface area (Å²) in [5.41, 5.74) is 0. The Morgan fingerprint density at radius 1 is 1.17 bits per heavy atom. The molecule has 5 N–H and O–H groups in total. The van der Waals surface area contributed by atoms with Gasteiger partial charge in [0.15, 0.2) is 6.10 Å². The molecule has 0 aromatic carbocycles. The SMILES string of the molecule is O=C(O)[C@@H]1CS[C@@H]2[C@H](O)[C@@H](O)[C@H](O)[C@H](O)C(=O)N21. The van der Waals surface area contributed by atoms with Crippen molar-refractivity contribution < 1.29 is 35.1 Å². The van der Waals surface area contributed by atoms with E-state index in [1.54, 1.807) is 0 Å². The van der Waals surface area contributed by atoms with Gasteiger partial charge < -0.3 is 30.4 Å². The van der Waals surface area contributed by atoms with Crippen LogP contribution in [0.25, 0.3) is 0 Å². The number of carbonyl (C=O) groups is 2. The molecule has 2 rings (SSSR count). The van der Waals surface area contributed by atoms with Gasteiger partial charge in [0, 0.05) is 5.75 Å². The molecule has 0 radical (unpaired) electrons. The molecule has 0 bridgehead atoms. The van der Waals surface area contributed by atoms with E-state index in [4.69, 9.17) is 5.11 Å². The van der Waals surface area contributed by atoms with E-state index in [1.807, 2.05) is 0 Å². The highest BCUT2D eigenvalue weighted by molar-refractivity contribution is 8.00. The van der Waals surface area contributed by atoms with Crippen LogP contribution in [0.15, 0.2) is 0 Å². The standard InChI is InChI=1S/C9H13NO7S/c11-3-4(12)6(14)8-10(7(15)5(3)13)2(1-18-8)9(16)17/h2-6,8,11-14H,1H2,(H,16,17)/t2-,3-,4-,5-,6+,8+/m0/s1. The molecule has 102 valence electrons. The molecule has 0 aromatic heterocycles. The summed E-state index contributed by atoms with van der Waals surface area (Å²) in [5.74, 6) is -2.21. The summed E-state index contributed by atoms with van der Waals surface area (Å²) in [4.78, 5) is 23.7. The molecule has 6 atom stereocenters. The molecule has 1 amide bonds. The lowest BCUT2D eigenvalue weighted by Crippen LogP contribution is -2.51. The highest BCUT2D eigenvalue weighted by Crippen LogP contribution is 2.36. The van der Waals surface area contributed by atoms with E-state index in [0.717, 1.165) is 16.7 Å². The quantitative estimate of drug-likeness (QED) is 0.338. The van der Waals surface area contributed by atoms with Crippen molar-refractivity contribution in [3.05, 3.63) is 0 Å². The van der Waals surface area contributed by atoms with Gasteiger partial charge >= 0.3 is 5.97 Å². The summed E-state index contributed by atoms with van der Waals surface area (Å²) >= 11 is 0.988. The Morgan fingerprint density at radius 2 is 1.78 bits per heavy atom. The average Bonchev–Trinajstić information content (AvgIpc) is 2.76. The summed E-state index contributed by atoms with van der Waals surface area (Å²) in [6.07, 6.45) is -7.01. The number of nitrogens with zero attached hydrogens (tertiary/aromatic N) is 1. The van der Waals surface area contributed by atoms with Gasteiger partial charge in [0.2, 0.25) is 0 Å². The van der Waals surface area contributed by atoms with E-state index in [-0.39, 0.29) is 5.75 Å². The van der Waals surface area contributed by atoms with Crippen LogP contribution in [-0.2, 0) is 9.59 Å². The van der Waals surface area contributed by atoms with Gasteiger partial charge in [-0.15, -0.1) is 11.8 Å². The van der Waals surface area contributed by atoms with Crippen LogP contribution in [0.5, 0.6) is 0 Å². The number of aliphatic hydroxyl groups is 4. The summed E-state index contributed by atoms with van der Waals surface area (Å²) in [5, 5.41) is 46.4. The molecular formula is C9H13NO7S. The molecule has 2 heterocycles. The molecule has 0 unspecified atom stereocenters. The molecular weight excluding hydrogens is 266 g/mol. The maximum atomic E-state index is 11.9. The van der Waals surface area contributed by atoms with E-state index in [0.29, 0.717) is 0 Å². The third-order valence-electron chi connectivity index (χ3n) is 3.14. The number of aliphatic carboxylic acids is 1. The second kappa shape index (κ2) is 4.67. The minimum Gasteiger partial charge on any atom is -0.480 e. The van der Waals surface area contributed by atoms with Crippen LogP contribution in [0.1, 0.15) is 0 Å². The van der Waals surface area contributed by atoms with Crippen LogP contribution in [-0.4, -0.2) is 83.9 Å². The molecule has 8 nitrogen and oxygen atoms in total. The normalized spacial score (nSPS) is 44.7. The van der Waals surface area contributed by atoms with Crippen LogP contribution in [0.4, 0.5) is 0 Å². The first kappa shape index (κ1) is 13.6. The topological polar surface area (TPSA) is 139 Å². The van der Waals surface area contributed by atoms with Crippen molar-refractivity contribution in [2.75, 3.05) is 5.75 Å². The smallest absolute Gasteiger partial charge is 0.327 e. The van der Waals surface area contributed by atoms with Crippen LogP contribution < -0.4 is 0 Å². The van der Waals surface area contributed by atoms with E-state index in [1.165, 1.54) is 0 Å². The number of aliphatic hydroxyl groups excluding tert-OH is 4. The molecule has 0 aromatic rings. The van der Waals surface area contributed by atoms with Gasteiger partial charge in [0.1, 0.15) is 29.7 Å². The van der Waals surface area contributed by atoms with Gasteiger partial charge in [-0.25, -0.2) is 4.79 Å². The third-order valence-corrected chi connectivity index (χ3v) is 4.50. The average molecular weight is 279 g/mol. The second-order valence-corrected chi connectivity index (χ2v) is 5.39. The molecule has 2 saturated heterocycles. The predicted octanol–water partition coefficient (Wildman–Crippen LogP) is -3.20. The Balaban J connectivity index is 2.37. The summed E-state index contributed by atoms with van der Waals surface area (Å²) in [6, 6.07) is -1.19. The fraction of sp³-hybridized carbons (Fsp3) is 0.778. The van der Waals surface area contributed by atoms with Crippen molar-refractivity contribution in [1.82, 2.24) is 4.90 Å². The zero-order valence-electron chi connectivity index (χ0n) is 9.08. The summed E-state index contributed by atoms with van der Waals surface area (Å²) in [7, 11) is 0. The zero-order chi connectivity index (χ0) is 13.6. The Labute approximate surface area is 106 Å². The molecule has 18 heavy (non-hydrogen) atoms. The first-order chi connectivity index (χ1) is 8.36. The van der Waals surface area contributed by atoms with E-state index >= 15 is 0 Å². The number of thioether (sulfide) groups is 1. The van der Waals surface area contributed by atoms with Crippen LogP contribution in [0.2, 0.25) is 0 Å². The largest absolute Gasteiger partial charge is 0.480 e. The Kier molecular flexibility index (Phi) is 3.52. The highest BCUT2D eigenvalue weighted by Gasteiger charge is 2.53. The van der Waals surface area contributed by atoms with Crippen LogP contribution in [0.3, 0.4) is 0 Å². The molecule has 0 aliphatic carbocycles. The van der Waals surface area contributed by atoms with Crippen molar-refractivity contribution in [2.45, 2.75) is 35.8 Å². The number of carboxylic acids is 1. The van der Waals surface area contributed by atoms with Crippen molar-refractivity contribution in [1.29, 1.82) is 0 Å². The summed E-state index contributed by atoms with van der Waals surface area (Å²) < 4.78 is 0. The third kappa shape index (κ3) is 1.88. The maximum absolute atomic E-state index is 11.9. The number of amides is 1. The number of hydrogen-bond acceptors (Lipinski definition) is 7. The van der Waals surface area contributed by atoms with Crippen molar-refractivity contribution in [2.24, 2.45) is 0 Å². The lowest BCUT2D eigenvalue weighted by atomic mass is 10.1. The Morgan fingerprint density at radius 3 is 2.33 bits per heavy atom. The molecule has 0 saturated carbocycles. The fourth-order valence-electron chi connectivity index (χ4n) is 2.12. The van der Waals surface area contributed by atoms with Crippen molar-refractivity contribution in [3.8, 4) is 0 Å². The van der Waals surface area contributed by atoms with Gasteiger partial charge in [-0.1, -0.05) is 0 Å². The van der Waals surface area contributed by atoms with Crippen LogP contribution >= 0.6 is 11.8 Å². The molecule has 2 fully saturated rings. The lowest BCUT2D eigenvalue weighted by Gasteiger charge is -2.28. The van der Waals surface area contributed by atoms with Gasteiger partial charge in [0.25, 0.3) is 5.91 Å². The fourth-order valence-corrected chi connectivity index (χ4v) is 3.57. The van der Waals surface area contributed by atoms with E-state index in [9.17, 15) is 30.0 Å². The van der Waals surface area contributed by atoms with E-state index in [2.05, 4.69) is 0 Å². The highest BCUT2D eigenvalue weighted by atomic mass is 32.2. The van der Waals surface area contributed by atoms with Gasteiger partial charge in [-0.05, 0) is 0 Å². The number of carbonyl (C=O) groups excluding carboxylic acids is 1. The number of hydrogen-bond donors (Lipinski definition) is 5. The number of carboxylic acid groups (broad SMARTS) is 1. The van der Waals surface area contributed by atoms with Gasteiger partial charge in [-0.3, -0.25) is 4.79 Å². The van der Waals surface area contributed by atoms with Gasteiger partial charge in [0.05, 0.1) is 0 Å². The first-order valence-corrected chi connectivity index (χ1v) is 6.30. The first-order valence-electron chi connectivity index (χ1n) is 5.25. The minimum absolute atomic E-state index is 0.0539.